The number of nitrogens with zero attached hydrogens (tertiary/aromatic N) is 2. The van der Waals surface area contributed by atoms with Gasteiger partial charge in [-0.3, -0.25) is 0 Å². The summed E-state index contributed by atoms with van der Waals surface area (Å²) < 4.78 is 25.0. The maximum absolute atomic E-state index is 12.5. The highest BCUT2D eigenvalue weighted by atomic mass is 32.2. The Kier molecular flexibility index (Phi) is 3.30. The van der Waals surface area contributed by atoms with E-state index in [-0.39, 0.29) is 11.3 Å². The molecule has 2 aromatic carbocycles. The molecular formula is C16H16N4O2S. The zero-order valence-electron chi connectivity index (χ0n) is 12.3. The van der Waals surface area contributed by atoms with E-state index < -0.39 is 9.84 Å². The molecule has 4 rings (SSSR count). The summed E-state index contributed by atoms with van der Waals surface area (Å²) in [5.41, 5.74) is 2.54. The molecule has 6 nitrogen and oxygen atoms in total. The average molecular weight is 328 g/mol. The number of sulfone groups is 1. The summed E-state index contributed by atoms with van der Waals surface area (Å²) in [5, 5.41) is 13.7. The van der Waals surface area contributed by atoms with Crippen LogP contribution < -0.4 is 5.32 Å². The van der Waals surface area contributed by atoms with Gasteiger partial charge < -0.3 is 5.32 Å². The van der Waals surface area contributed by atoms with Gasteiger partial charge in [0.05, 0.1) is 10.1 Å². The Morgan fingerprint density at radius 2 is 1.74 bits per heavy atom. The molecule has 0 atom stereocenters. The first-order valence-electron chi connectivity index (χ1n) is 7.49. The SMILES string of the molecule is O=S(=O)(c1ccccc1)C1CC(Nc2ccc3n[nH]nc3c2)C1. The lowest BCUT2D eigenvalue weighted by Gasteiger charge is -2.36. The summed E-state index contributed by atoms with van der Waals surface area (Å²) in [5.74, 6) is 0. The molecule has 0 spiro atoms. The van der Waals surface area contributed by atoms with Crippen molar-refractivity contribution in [3.63, 3.8) is 0 Å². The first kappa shape index (κ1) is 14.2. The third-order valence-corrected chi connectivity index (χ3v) is 6.48. The molecule has 23 heavy (non-hydrogen) atoms. The molecule has 1 aliphatic rings. The normalized spacial score (nSPS) is 21.0. The molecule has 1 heterocycles. The number of benzene rings is 2. The van der Waals surface area contributed by atoms with Gasteiger partial charge in [0.25, 0.3) is 0 Å². The van der Waals surface area contributed by atoms with Crippen LogP contribution >= 0.6 is 0 Å². The second-order valence-corrected chi connectivity index (χ2v) is 8.05. The molecular weight excluding hydrogens is 312 g/mol. The molecule has 0 aliphatic heterocycles. The summed E-state index contributed by atoms with van der Waals surface area (Å²) in [6, 6.07) is 14.6. The minimum absolute atomic E-state index is 0.169. The Morgan fingerprint density at radius 3 is 2.52 bits per heavy atom. The van der Waals surface area contributed by atoms with Crippen LogP contribution in [-0.2, 0) is 9.84 Å². The largest absolute Gasteiger partial charge is 0.382 e. The van der Waals surface area contributed by atoms with Crippen LogP contribution in [0.5, 0.6) is 0 Å². The second-order valence-electron chi connectivity index (χ2n) is 5.82. The molecule has 0 unspecified atom stereocenters. The first-order valence-corrected chi connectivity index (χ1v) is 9.03. The van der Waals surface area contributed by atoms with Crippen molar-refractivity contribution in [2.75, 3.05) is 5.32 Å². The van der Waals surface area contributed by atoms with Crippen molar-refractivity contribution in [1.82, 2.24) is 15.4 Å². The fraction of sp³-hybridized carbons (Fsp3) is 0.250. The van der Waals surface area contributed by atoms with E-state index in [0.29, 0.717) is 17.7 Å². The Bertz CT molecular complexity index is 931. The molecule has 7 heteroatoms. The van der Waals surface area contributed by atoms with Crippen molar-refractivity contribution in [3.8, 4) is 0 Å². The molecule has 1 fully saturated rings. The van der Waals surface area contributed by atoms with E-state index in [1.807, 2.05) is 24.3 Å². The van der Waals surface area contributed by atoms with Gasteiger partial charge in [0.2, 0.25) is 0 Å². The zero-order chi connectivity index (χ0) is 15.9. The Labute approximate surface area is 133 Å². The van der Waals surface area contributed by atoms with Crippen molar-refractivity contribution >= 4 is 26.6 Å². The van der Waals surface area contributed by atoms with E-state index in [1.54, 1.807) is 24.3 Å². The molecule has 1 aromatic heterocycles. The van der Waals surface area contributed by atoms with Gasteiger partial charge in [-0.25, -0.2) is 8.42 Å². The van der Waals surface area contributed by atoms with Gasteiger partial charge in [0, 0.05) is 11.7 Å². The van der Waals surface area contributed by atoms with E-state index in [4.69, 9.17) is 0 Å². The van der Waals surface area contributed by atoms with Crippen molar-refractivity contribution < 1.29 is 8.42 Å². The summed E-state index contributed by atoms with van der Waals surface area (Å²) in [7, 11) is -3.22. The van der Waals surface area contributed by atoms with Crippen molar-refractivity contribution in [2.45, 2.75) is 29.0 Å². The topological polar surface area (TPSA) is 87.7 Å². The van der Waals surface area contributed by atoms with Gasteiger partial charge in [-0.2, -0.15) is 15.4 Å². The number of aromatic nitrogens is 3. The fourth-order valence-electron chi connectivity index (χ4n) is 2.91. The number of aromatic amines is 1. The third-order valence-electron chi connectivity index (χ3n) is 4.29. The van der Waals surface area contributed by atoms with Crippen LogP contribution in [0.4, 0.5) is 5.69 Å². The fourth-order valence-corrected chi connectivity index (χ4v) is 4.80. The molecule has 0 saturated heterocycles. The molecule has 118 valence electrons. The summed E-state index contributed by atoms with van der Waals surface area (Å²) in [4.78, 5) is 0.410. The van der Waals surface area contributed by atoms with Crippen LogP contribution in [0.15, 0.2) is 53.4 Å². The molecule has 2 N–H and O–H groups in total. The predicted molar refractivity (Wildman–Crippen MR) is 87.9 cm³/mol. The maximum Gasteiger partial charge on any atom is 0.181 e. The number of nitrogens with one attached hydrogen (secondary N) is 2. The van der Waals surface area contributed by atoms with Crippen LogP contribution in [0.2, 0.25) is 0 Å². The smallest absolute Gasteiger partial charge is 0.181 e. The number of hydrogen-bond acceptors (Lipinski definition) is 5. The molecule has 0 radical (unpaired) electrons. The number of rotatable bonds is 4. The highest BCUT2D eigenvalue weighted by Crippen LogP contribution is 2.33. The molecule has 0 amide bonds. The second kappa shape index (κ2) is 5.34. The van der Waals surface area contributed by atoms with Gasteiger partial charge in [-0.15, -0.1) is 0 Å². The van der Waals surface area contributed by atoms with Crippen LogP contribution in [-0.4, -0.2) is 35.1 Å². The minimum atomic E-state index is -3.22. The molecule has 1 saturated carbocycles. The van der Waals surface area contributed by atoms with E-state index >= 15 is 0 Å². The highest BCUT2D eigenvalue weighted by Gasteiger charge is 2.39. The van der Waals surface area contributed by atoms with Crippen LogP contribution in [0, 0.1) is 0 Å². The van der Waals surface area contributed by atoms with Crippen molar-refractivity contribution in [1.29, 1.82) is 0 Å². The third kappa shape index (κ3) is 2.57. The number of anilines is 1. The van der Waals surface area contributed by atoms with E-state index in [2.05, 4.69) is 20.7 Å². The van der Waals surface area contributed by atoms with Gasteiger partial charge >= 0.3 is 0 Å². The zero-order valence-corrected chi connectivity index (χ0v) is 13.1. The molecule has 0 bridgehead atoms. The Balaban J connectivity index is 1.43. The monoisotopic (exact) mass is 328 g/mol. The van der Waals surface area contributed by atoms with Crippen LogP contribution in [0.1, 0.15) is 12.8 Å². The quantitative estimate of drug-likeness (QED) is 0.768. The standard InChI is InChI=1S/C16H16N4O2S/c21-23(22,13-4-2-1-3-5-13)14-8-12(9-14)17-11-6-7-15-16(10-11)19-20-18-15/h1-7,10,12,14,17H,8-9H2,(H,18,19,20). The van der Waals surface area contributed by atoms with Gasteiger partial charge in [-0.1, -0.05) is 18.2 Å². The predicted octanol–water partition coefficient (Wildman–Crippen LogP) is 2.37. The Hall–Kier alpha value is -2.41. The lowest BCUT2D eigenvalue weighted by atomic mass is 9.92. The highest BCUT2D eigenvalue weighted by molar-refractivity contribution is 7.92. The lowest BCUT2D eigenvalue weighted by molar-refractivity contribution is 0.432. The van der Waals surface area contributed by atoms with E-state index in [0.717, 1.165) is 16.7 Å². The van der Waals surface area contributed by atoms with Crippen molar-refractivity contribution in [3.05, 3.63) is 48.5 Å². The number of hydrogen-bond donors (Lipinski definition) is 2. The van der Waals surface area contributed by atoms with E-state index in [1.165, 1.54) is 0 Å². The van der Waals surface area contributed by atoms with Gasteiger partial charge in [0.15, 0.2) is 9.84 Å². The number of H-pyrrole nitrogens is 1. The lowest BCUT2D eigenvalue weighted by Crippen LogP contribution is -2.43. The Morgan fingerprint density at radius 1 is 1.00 bits per heavy atom. The van der Waals surface area contributed by atoms with Crippen molar-refractivity contribution in [2.24, 2.45) is 0 Å². The van der Waals surface area contributed by atoms with Gasteiger partial charge in [-0.05, 0) is 43.2 Å². The first-order chi connectivity index (χ1) is 11.1. The molecule has 1 aliphatic carbocycles. The van der Waals surface area contributed by atoms with E-state index in [9.17, 15) is 8.42 Å². The van der Waals surface area contributed by atoms with Gasteiger partial charge in [0.1, 0.15) is 11.0 Å². The summed E-state index contributed by atoms with van der Waals surface area (Å²) in [6.45, 7) is 0. The number of fused-ring (bicyclic) bond motifs is 1. The minimum Gasteiger partial charge on any atom is -0.382 e. The summed E-state index contributed by atoms with van der Waals surface area (Å²) in [6.07, 6.45) is 1.24. The molecule has 3 aromatic rings. The van der Waals surface area contributed by atoms with Crippen LogP contribution in [0.3, 0.4) is 0 Å². The average Bonchev–Trinajstić information content (AvgIpc) is 2.98. The van der Waals surface area contributed by atoms with Crippen LogP contribution in [0.25, 0.3) is 11.0 Å². The maximum atomic E-state index is 12.5. The summed E-state index contributed by atoms with van der Waals surface area (Å²) >= 11 is 0.